The van der Waals surface area contributed by atoms with Gasteiger partial charge in [-0.25, -0.2) is 4.79 Å². The van der Waals surface area contributed by atoms with Crippen molar-refractivity contribution >= 4 is 17.6 Å². The molecule has 1 aliphatic rings. The average molecular weight is 385 g/mol. The number of rotatable bonds is 6. The first-order chi connectivity index (χ1) is 13.4. The zero-order valence-corrected chi connectivity index (χ0v) is 16.8. The molecule has 0 unspecified atom stereocenters. The predicted octanol–water partition coefficient (Wildman–Crippen LogP) is 2.17. The molecule has 1 aromatic heterocycles. The highest BCUT2D eigenvalue weighted by molar-refractivity contribution is 5.96. The van der Waals surface area contributed by atoms with E-state index in [1.54, 1.807) is 30.2 Å². The van der Waals surface area contributed by atoms with Crippen molar-refractivity contribution in [1.29, 1.82) is 0 Å². The molecule has 3 rings (SSSR count). The van der Waals surface area contributed by atoms with Crippen molar-refractivity contribution in [3.05, 3.63) is 41.7 Å². The number of hydrogen-bond donors (Lipinski definition) is 1. The van der Waals surface area contributed by atoms with E-state index in [9.17, 15) is 9.59 Å². The molecule has 2 heterocycles. The van der Waals surface area contributed by atoms with Gasteiger partial charge >= 0.3 is 6.03 Å². The third-order valence-electron chi connectivity index (χ3n) is 5.10. The highest BCUT2D eigenvalue weighted by atomic mass is 16.5. The van der Waals surface area contributed by atoms with Crippen molar-refractivity contribution in [2.75, 3.05) is 25.6 Å². The monoisotopic (exact) mass is 385 g/mol. The lowest BCUT2D eigenvalue weighted by Crippen LogP contribution is -2.44. The van der Waals surface area contributed by atoms with Gasteiger partial charge in [-0.2, -0.15) is 5.10 Å². The zero-order chi connectivity index (χ0) is 20.3. The minimum atomic E-state index is -0.219. The molecule has 8 heteroatoms. The fourth-order valence-electron chi connectivity index (χ4n) is 3.39. The summed E-state index contributed by atoms with van der Waals surface area (Å²) in [4.78, 5) is 28.3. The van der Waals surface area contributed by atoms with Crippen LogP contribution < -0.4 is 15.0 Å². The van der Waals surface area contributed by atoms with E-state index in [4.69, 9.17) is 4.74 Å². The van der Waals surface area contributed by atoms with Crippen LogP contribution in [0, 0.1) is 6.92 Å². The average Bonchev–Trinajstić information content (AvgIpc) is 3.24. The molecule has 2 aromatic rings. The standard InChI is InChI=1S/C20H27N5O3/c1-5-25-14(2)15(11-21-25)12-23(3)20(27)22-16-10-19(26)24(13-16)17-6-8-18(28-4)9-7-17/h6-9,11,16H,5,10,12-13H2,1-4H3,(H,22,27)/t16-/m1/s1. The molecule has 1 aromatic carbocycles. The molecule has 1 N–H and O–H groups in total. The zero-order valence-electron chi connectivity index (χ0n) is 16.8. The molecule has 150 valence electrons. The quantitative estimate of drug-likeness (QED) is 0.826. The van der Waals surface area contributed by atoms with Gasteiger partial charge < -0.3 is 19.9 Å². The second-order valence-corrected chi connectivity index (χ2v) is 6.98. The van der Waals surface area contributed by atoms with Gasteiger partial charge in [0.15, 0.2) is 0 Å². The molecule has 1 aliphatic heterocycles. The Morgan fingerprint density at radius 2 is 2.07 bits per heavy atom. The molecule has 0 spiro atoms. The summed E-state index contributed by atoms with van der Waals surface area (Å²) in [6.07, 6.45) is 2.09. The Hall–Kier alpha value is -3.03. The summed E-state index contributed by atoms with van der Waals surface area (Å²) in [7, 11) is 3.35. The van der Waals surface area contributed by atoms with Crippen LogP contribution in [0.15, 0.2) is 30.5 Å². The molecular weight excluding hydrogens is 358 g/mol. The van der Waals surface area contributed by atoms with Gasteiger partial charge in [0.25, 0.3) is 0 Å². The summed E-state index contributed by atoms with van der Waals surface area (Å²) >= 11 is 0. The molecule has 1 fully saturated rings. The SMILES string of the molecule is CCn1ncc(CN(C)C(=O)N[C@@H]2CC(=O)N(c3ccc(OC)cc3)C2)c1C. The van der Waals surface area contributed by atoms with Crippen LogP contribution in [0.3, 0.4) is 0 Å². The molecule has 3 amide bonds. The molecule has 0 saturated carbocycles. The van der Waals surface area contributed by atoms with E-state index >= 15 is 0 Å². The predicted molar refractivity (Wildman–Crippen MR) is 106 cm³/mol. The van der Waals surface area contributed by atoms with Crippen molar-refractivity contribution in [2.45, 2.75) is 39.4 Å². The molecule has 0 aliphatic carbocycles. The molecule has 1 atom stereocenters. The Morgan fingerprint density at radius 3 is 2.68 bits per heavy atom. The van der Waals surface area contributed by atoms with Crippen LogP contribution in [0.25, 0.3) is 0 Å². The Labute approximate surface area is 165 Å². The van der Waals surface area contributed by atoms with Crippen LogP contribution in [0.1, 0.15) is 24.6 Å². The van der Waals surface area contributed by atoms with E-state index < -0.39 is 0 Å². The number of nitrogens with zero attached hydrogens (tertiary/aromatic N) is 4. The summed E-state index contributed by atoms with van der Waals surface area (Å²) in [6, 6.07) is 6.92. The van der Waals surface area contributed by atoms with Gasteiger partial charge in [0, 0.05) is 43.5 Å². The van der Waals surface area contributed by atoms with Gasteiger partial charge in [-0.3, -0.25) is 9.48 Å². The number of nitrogens with one attached hydrogen (secondary N) is 1. The van der Waals surface area contributed by atoms with Crippen molar-refractivity contribution in [3.63, 3.8) is 0 Å². The molecular formula is C20H27N5O3. The van der Waals surface area contributed by atoms with E-state index in [0.717, 1.165) is 29.2 Å². The maximum atomic E-state index is 12.6. The van der Waals surface area contributed by atoms with E-state index in [2.05, 4.69) is 10.4 Å². The van der Waals surface area contributed by atoms with Crippen molar-refractivity contribution in [2.24, 2.45) is 0 Å². The number of carbonyl (C=O) groups excluding carboxylic acids is 2. The number of hydrogen-bond acceptors (Lipinski definition) is 4. The second kappa shape index (κ2) is 8.33. The van der Waals surface area contributed by atoms with Crippen LogP contribution in [0.2, 0.25) is 0 Å². The normalized spacial score (nSPS) is 16.4. The summed E-state index contributed by atoms with van der Waals surface area (Å²) in [5.41, 5.74) is 2.88. The fourth-order valence-corrected chi connectivity index (χ4v) is 3.39. The lowest BCUT2D eigenvalue weighted by atomic mass is 10.2. The van der Waals surface area contributed by atoms with Gasteiger partial charge in [-0.05, 0) is 38.1 Å². The highest BCUT2D eigenvalue weighted by Crippen LogP contribution is 2.24. The molecule has 0 radical (unpaired) electrons. The van der Waals surface area contributed by atoms with Gasteiger partial charge in [0.1, 0.15) is 5.75 Å². The fraction of sp³-hybridized carbons (Fsp3) is 0.450. The van der Waals surface area contributed by atoms with Crippen LogP contribution in [-0.2, 0) is 17.9 Å². The topological polar surface area (TPSA) is 79.7 Å². The summed E-state index contributed by atoms with van der Waals surface area (Å²) in [6.45, 7) is 5.76. The van der Waals surface area contributed by atoms with Crippen LogP contribution >= 0.6 is 0 Å². The number of aromatic nitrogens is 2. The number of urea groups is 1. The number of aryl methyl sites for hydroxylation is 1. The van der Waals surface area contributed by atoms with Crippen molar-refractivity contribution in [3.8, 4) is 5.75 Å². The Bertz CT molecular complexity index is 846. The first kappa shape index (κ1) is 19.7. The van der Waals surface area contributed by atoms with E-state index in [1.807, 2.05) is 42.8 Å². The number of benzene rings is 1. The summed E-state index contributed by atoms with van der Waals surface area (Å²) in [5, 5.41) is 7.28. The Kier molecular flexibility index (Phi) is 5.87. The Morgan fingerprint density at radius 1 is 1.36 bits per heavy atom. The minimum Gasteiger partial charge on any atom is -0.497 e. The Balaban J connectivity index is 1.58. The van der Waals surface area contributed by atoms with Gasteiger partial charge in [-0.15, -0.1) is 0 Å². The lowest BCUT2D eigenvalue weighted by Gasteiger charge is -2.21. The van der Waals surface area contributed by atoms with E-state index in [0.29, 0.717) is 19.5 Å². The number of anilines is 1. The largest absolute Gasteiger partial charge is 0.497 e. The maximum Gasteiger partial charge on any atom is 0.317 e. The third kappa shape index (κ3) is 4.11. The number of methoxy groups -OCH3 is 1. The van der Waals surface area contributed by atoms with Crippen LogP contribution in [-0.4, -0.2) is 53.4 Å². The maximum absolute atomic E-state index is 12.6. The van der Waals surface area contributed by atoms with Crippen LogP contribution in [0.5, 0.6) is 5.75 Å². The van der Waals surface area contributed by atoms with Crippen molar-refractivity contribution in [1.82, 2.24) is 20.0 Å². The molecule has 28 heavy (non-hydrogen) atoms. The third-order valence-corrected chi connectivity index (χ3v) is 5.10. The van der Waals surface area contributed by atoms with Gasteiger partial charge in [0.05, 0.1) is 25.9 Å². The molecule has 1 saturated heterocycles. The van der Waals surface area contributed by atoms with E-state index in [1.165, 1.54) is 0 Å². The minimum absolute atomic E-state index is 0.00168. The van der Waals surface area contributed by atoms with Gasteiger partial charge in [-0.1, -0.05) is 0 Å². The van der Waals surface area contributed by atoms with Crippen LogP contribution in [0.4, 0.5) is 10.5 Å². The second-order valence-electron chi connectivity index (χ2n) is 6.98. The smallest absolute Gasteiger partial charge is 0.317 e. The first-order valence-electron chi connectivity index (χ1n) is 9.40. The first-order valence-corrected chi connectivity index (χ1v) is 9.40. The number of amides is 3. The number of ether oxygens (including phenoxy) is 1. The molecule has 0 bridgehead atoms. The van der Waals surface area contributed by atoms with Gasteiger partial charge in [0.2, 0.25) is 5.91 Å². The van der Waals surface area contributed by atoms with Crippen molar-refractivity contribution < 1.29 is 14.3 Å². The van der Waals surface area contributed by atoms with E-state index in [-0.39, 0.29) is 18.0 Å². The summed E-state index contributed by atoms with van der Waals surface area (Å²) in [5.74, 6) is 0.738. The highest BCUT2D eigenvalue weighted by Gasteiger charge is 2.32. The number of carbonyl (C=O) groups is 2. The summed E-state index contributed by atoms with van der Waals surface area (Å²) < 4.78 is 7.06. The molecule has 8 nitrogen and oxygen atoms in total. The lowest BCUT2D eigenvalue weighted by molar-refractivity contribution is -0.117.